The van der Waals surface area contributed by atoms with Crippen LogP contribution in [0.1, 0.15) is 26.2 Å². The first-order valence-corrected chi connectivity index (χ1v) is 4.32. The molecule has 0 bridgehead atoms. The Morgan fingerprint density at radius 2 is 2.33 bits per heavy atom. The molecule has 70 valence electrons. The van der Waals surface area contributed by atoms with Gasteiger partial charge in [0, 0.05) is 0 Å². The minimum atomic E-state index is -0.436. The van der Waals surface area contributed by atoms with Gasteiger partial charge in [0.2, 0.25) is 5.91 Å². The van der Waals surface area contributed by atoms with Crippen LogP contribution in [0, 0.1) is 0 Å². The normalized spacial score (nSPS) is 21.6. The van der Waals surface area contributed by atoms with Gasteiger partial charge in [-0.05, 0) is 19.3 Å². The van der Waals surface area contributed by atoms with Crippen molar-refractivity contribution in [1.82, 2.24) is 5.32 Å². The second-order valence-corrected chi connectivity index (χ2v) is 3.44. The predicted octanol–water partition coefficient (Wildman–Crippen LogP) is -0.635. The van der Waals surface area contributed by atoms with Crippen LogP contribution in [0.4, 0.5) is 0 Å². The summed E-state index contributed by atoms with van der Waals surface area (Å²) in [6, 6.07) is -0.436. The Morgan fingerprint density at radius 3 is 2.67 bits per heavy atom. The van der Waals surface area contributed by atoms with Crippen molar-refractivity contribution in [3.8, 4) is 0 Å². The first kappa shape index (κ1) is 9.48. The number of hydrogen-bond donors (Lipinski definition) is 3. The molecule has 0 spiro atoms. The van der Waals surface area contributed by atoms with Crippen molar-refractivity contribution in [2.24, 2.45) is 5.73 Å². The van der Waals surface area contributed by atoms with Crippen molar-refractivity contribution in [2.45, 2.75) is 37.8 Å². The number of aliphatic hydroxyl groups is 1. The third-order valence-electron chi connectivity index (χ3n) is 2.32. The second-order valence-electron chi connectivity index (χ2n) is 3.44. The number of rotatable bonds is 4. The fourth-order valence-corrected chi connectivity index (χ4v) is 1.01. The average molecular weight is 172 g/mol. The molecule has 12 heavy (non-hydrogen) atoms. The van der Waals surface area contributed by atoms with Crippen LogP contribution in [0.3, 0.4) is 0 Å². The third-order valence-corrected chi connectivity index (χ3v) is 2.32. The van der Waals surface area contributed by atoms with Gasteiger partial charge >= 0.3 is 0 Å². The van der Waals surface area contributed by atoms with E-state index in [1.807, 2.05) is 6.92 Å². The second kappa shape index (κ2) is 3.41. The molecule has 1 amide bonds. The Labute approximate surface area is 72.1 Å². The summed E-state index contributed by atoms with van der Waals surface area (Å²) in [5.74, 6) is -0.149. The molecule has 0 aromatic rings. The topological polar surface area (TPSA) is 75.4 Å². The maximum Gasteiger partial charge on any atom is 0.237 e. The van der Waals surface area contributed by atoms with Crippen molar-refractivity contribution in [3.05, 3.63) is 0 Å². The molecule has 1 aliphatic carbocycles. The molecule has 4 N–H and O–H groups in total. The summed E-state index contributed by atoms with van der Waals surface area (Å²) in [5.41, 5.74) is 5.18. The van der Waals surface area contributed by atoms with E-state index >= 15 is 0 Å². The number of nitrogens with two attached hydrogens (primary N) is 1. The molecule has 0 unspecified atom stereocenters. The summed E-state index contributed by atoms with van der Waals surface area (Å²) in [4.78, 5) is 11.2. The Kier molecular flexibility index (Phi) is 2.69. The van der Waals surface area contributed by atoms with Gasteiger partial charge in [-0.15, -0.1) is 0 Å². The lowest BCUT2D eigenvalue weighted by Crippen LogP contribution is -2.47. The zero-order valence-electron chi connectivity index (χ0n) is 7.34. The van der Waals surface area contributed by atoms with Gasteiger partial charge in [0.1, 0.15) is 0 Å². The number of carbonyl (C=O) groups excluding carboxylic acids is 1. The van der Waals surface area contributed by atoms with Gasteiger partial charge in [-0.3, -0.25) is 4.79 Å². The van der Waals surface area contributed by atoms with Crippen LogP contribution in [-0.4, -0.2) is 29.2 Å². The van der Waals surface area contributed by atoms with E-state index in [2.05, 4.69) is 5.32 Å². The highest BCUT2D eigenvalue weighted by atomic mass is 16.3. The molecule has 0 saturated heterocycles. The number of hydrogen-bond acceptors (Lipinski definition) is 3. The van der Waals surface area contributed by atoms with Gasteiger partial charge < -0.3 is 16.2 Å². The summed E-state index contributed by atoms with van der Waals surface area (Å²) in [6.07, 6.45) is 2.37. The predicted molar refractivity (Wildman–Crippen MR) is 45.5 cm³/mol. The van der Waals surface area contributed by atoms with E-state index in [9.17, 15) is 4.79 Å². The number of amides is 1. The first-order valence-electron chi connectivity index (χ1n) is 4.32. The Bertz CT molecular complexity index is 178. The maximum absolute atomic E-state index is 11.2. The molecular formula is C8H16N2O2. The number of carbonyl (C=O) groups is 1. The van der Waals surface area contributed by atoms with Crippen LogP contribution in [0.15, 0.2) is 0 Å². The fraction of sp³-hybridized carbons (Fsp3) is 0.875. The van der Waals surface area contributed by atoms with E-state index in [0.29, 0.717) is 6.42 Å². The van der Waals surface area contributed by atoms with Gasteiger partial charge in [0.25, 0.3) is 0 Å². The van der Waals surface area contributed by atoms with E-state index in [0.717, 1.165) is 12.8 Å². The van der Waals surface area contributed by atoms with Crippen molar-refractivity contribution in [3.63, 3.8) is 0 Å². The quantitative estimate of drug-likeness (QED) is 0.528. The maximum atomic E-state index is 11.2. The van der Waals surface area contributed by atoms with Crippen LogP contribution in [0.5, 0.6) is 0 Å². The lowest BCUT2D eigenvalue weighted by Gasteiger charge is -2.16. The zero-order chi connectivity index (χ0) is 9.19. The van der Waals surface area contributed by atoms with E-state index in [1.54, 1.807) is 0 Å². The molecule has 0 aromatic carbocycles. The van der Waals surface area contributed by atoms with E-state index < -0.39 is 6.04 Å². The fourth-order valence-electron chi connectivity index (χ4n) is 1.01. The summed E-state index contributed by atoms with van der Waals surface area (Å²) in [5, 5.41) is 11.7. The van der Waals surface area contributed by atoms with Gasteiger partial charge in [-0.25, -0.2) is 0 Å². The summed E-state index contributed by atoms with van der Waals surface area (Å²) in [7, 11) is 0. The van der Waals surface area contributed by atoms with E-state index in [-0.39, 0.29) is 18.1 Å². The molecule has 0 aromatic heterocycles. The standard InChI is InChI=1S/C8H16N2O2/c1-2-6(9)7(12)10-8(5-11)3-4-8/h6,11H,2-5,9H2,1H3,(H,10,12)/t6-/m1/s1. The van der Waals surface area contributed by atoms with Gasteiger partial charge in [-0.1, -0.05) is 6.92 Å². The third kappa shape index (κ3) is 1.95. The van der Waals surface area contributed by atoms with Crippen LogP contribution in [0.2, 0.25) is 0 Å². The minimum absolute atomic E-state index is 0.0230. The van der Waals surface area contributed by atoms with E-state index in [1.165, 1.54) is 0 Å². The molecule has 4 nitrogen and oxygen atoms in total. The number of nitrogens with one attached hydrogen (secondary N) is 1. The molecule has 1 fully saturated rings. The molecule has 0 heterocycles. The van der Waals surface area contributed by atoms with Crippen LogP contribution in [-0.2, 0) is 4.79 Å². The Morgan fingerprint density at radius 1 is 1.75 bits per heavy atom. The Hall–Kier alpha value is -0.610. The highest BCUT2D eigenvalue weighted by Gasteiger charge is 2.43. The molecular weight excluding hydrogens is 156 g/mol. The SMILES string of the molecule is CC[C@@H](N)C(=O)NC1(CO)CC1. The van der Waals surface area contributed by atoms with Crippen molar-refractivity contribution >= 4 is 5.91 Å². The first-order chi connectivity index (χ1) is 5.63. The van der Waals surface area contributed by atoms with Crippen molar-refractivity contribution in [2.75, 3.05) is 6.61 Å². The monoisotopic (exact) mass is 172 g/mol. The molecule has 1 rings (SSSR count). The van der Waals surface area contributed by atoms with Crippen LogP contribution in [0.25, 0.3) is 0 Å². The highest BCUT2D eigenvalue weighted by molar-refractivity contribution is 5.82. The van der Waals surface area contributed by atoms with Gasteiger partial charge in [-0.2, -0.15) is 0 Å². The minimum Gasteiger partial charge on any atom is -0.394 e. The Balaban J connectivity index is 2.36. The summed E-state index contributed by atoms with van der Waals surface area (Å²) >= 11 is 0. The lowest BCUT2D eigenvalue weighted by atomic mass is 10.2. The summed E-state index contributed by atoms with van der Waals surface area (Å²) in [6.45, 7) is 1.89. The zero-order valence-corrected chi connectivity index (χ0v) is 7.34. The molecule has 1 atom stereocenters. The highest BCUT2D eigenvalue weighted by Crippen LogP contribution is 2.34. The van der Waals surface area contributed by atoms with Gasteiger partial charge in [0.15, 0.2) is 0 Å². The molecule has 1 saturated carbocycles. The largest absolute Gasteiger partial charge is 0.394 e. The number of aliphatic hydroxyl groups excluding tert-OH is 1. The molecule has 4 heteroatoms. The van der Waals surface area contributed by atoms with Crippen molar-refractivity contribution in [1.29, 1.82) is 0 Å². The summed E-state index contributed by atoms with van der Waals surface area (Å²) < 4.78 is 0. The lowest BCUT2D eigenvalue weighted by molar-refractivity contribution is -0.123. The van der Waals surface area contributed by atoms with Gasteiger partial charge in [0.05, 0.1) is 18.2 Å². The molecule has 1 aliphatic rings. The molecule has 0 radical (unpaired) electrons. The smallest absolute Gasteiger partial charge is 0.237 e. The average Bonchev–Trinajstić information content (AvgIpc) is 2.84. The van der Waals surface area contributed by atoms with Crippen LogP contribution >= 0.6 is 0 Å². The molecule has 0 aliphatic heterocycles. The van der Waals surface area contributed by atoms with E-state index in [4.69, 9.17) is 10.8 Å². The van der Waals surface area contributed by atoms with Crippen LogP contribution < -0.4 is 11.1 Å². The van der Waals surface area contributed by atoms with Crippen molar-refractivity contribution < 1.29 is 9.90 Å².